The van der Waals surface area contributed by atoms with Crippen LogP contribution in [-0.4, -0.2) is 62.5 Å². The summed E-state index contributed by atoms with van der Waals surface area (Å²) in [5, 5.41) is 13.2. The number of carbonyl (C=O) groups is 2. The van der Waals surface area contributed by atoms with Gasteiger partial charge in [-0.05, 0) is 61.0 Å². The molecule has 0 saturated carbocycles. The van der Waals surface area contributed by atoms with Crippen LogP contribution in [0.3, 0.4) is 0 Å². The molecule has 5 rings (SSSR count). The lowest BCUT2D eigenvalue weighted by Gasteiger charge is -2.34. The number of nitrogens with one attached hydrogen (secondary N) is 1. The molecular weight excluding hydrogens is 490 g/mol. The quantitative estimate of drug-likeness (QED) is 0.376. The van der Waals surface area contributed by atoms with E-state index in [2.05, 4.69) is 10.2 Å². The molecule has 0 bridgehead atoms. The number of amides is 1. The summed E-state index contributed by atoms with van der Waals surface area (Å²) in [7, 11) is 1.90. The molecule has 1 amide bonds. The third-order valence-electron chi connectivity index (χ3n) is 6.76. The maximum absolute atomic E-state index is 13.2. The predicted molar refractivity (Wildman–Crippen MR) is 145 cm³/mol. The van der Waals surface area contributed by atoms with Crippen molar-refractivity contribution in [3.63, 3.8) is 0 Å². The van der Waals surface area contributed by atoms with Gasteiger partial charge in [0.05, 0.1) is 33.9 Å². The van der Waals surface area contributed by atoms with Crippen LogP contribution in [0.1, 0.15) is 32.1 Å². The number of anilines is 2. The number of aromatic carboxylic acids is 1. The lowest BCUT2D eigenvalue weighted by Crippen LogP contribution is -2.48. The van der Waals surface area contributed by atoms with Gasteiger partial charge in [-0.1, -0.05) is 23.7 Å². The number of piperazine rings is 1. The first-order valence-electron chi connectivity index (χ1n) is 12.1. The summed E-state index contributed by atoms with van der Waals surface area (Å²) in [5.74, 6) is -0.0844. The molecule has 1 aliphatic rings. The second-order valence-electron chi connectivity index (χ2n) is 9.35. The number of nitrogens with zero attached hydrogens (tertiary/aromatic N) is 4. The molecule has 0 spiro atoms. The third kappa shape index (κ3) is 5.30. The molecule has 1 fully saturated rings. The number of benzene rings is 3. The van der Waals surface area contributed by atoms with Gasteiger partial charge in [0, 0.05) is 44.5 Å². The second-order valence-corrected chi connectivity index (χ2v) is 9.76. The molecular formula is C28H28ClN5O3. The van der Waals surface area contributed by atoms with Crippen LogP contribution < -0.4 is 5.32 Å². The minimum absolute atomic E-state index is 0.00207. The molecule has 0 atom stereocenters. The van der Waals surface area contributed by atoms with E-state index in [9.17, 15) is 14.7 Å². The van der Waals surface area contributed by atoms with Gasteiger partial charge in [0.1, 0.15) is 5.82 Å². The number of rotatable bonds is 6. The number of hydrogen-bond acceptors (Lipinski definition) is 5. The van der Waals surface area contributed by atoms with E-state index in [1.165, 1.54) is 0 Å². The molecule has 1 aromatic heterocycles. The van der Waals surface area contributed by atoms with Crippen molar-refractivity contribution in [2.24, 2.45) is 7.05 Å². The Morgan fingerprint density at radius 3 is 2.51 bits per heavy atom. The standard InChI is InChI=1S/C28H28ClN5O3/c1-18-6-8-23(22(29)14-18)30-21-5-3-4-19(15-21)27(35)34-12-10-33(11-13-34)17-26-31-24-9-7-20(28(36)37)16-25(24)32(26)2/h3-9,14-16,30H,10-13,17H2,1-2H3,(H,36,37). The van der Waals surface area contributed by atoms with Crippen LogP contribution in [0.5, 0.6) is 0 Å². The Labute approximate surface area is 220 Å². The molecule has 0 unspecified atom stereocenters. The fourth-order valence-electron chi connectivity index (χ4n) is 4.61. The van der Waals surface area contributed by atoms with Crippen LogP contribution >= 0.6 is 11.6 Å². The lowest BCUT2D eigenvalue weighted by atomic mass is 10.1. The van der Waals surface area contributed by atoms with E-state index in [4.69, 9.17) is 16.6 Å². The van der Waals surface area contributed by atoms with Gasteiger partial charge in [0.15, 0.2) is 0 Å². The zero-order chi connectivity index (χ0) is 26.1. The Balaban J connectivity index is 1.22. The van der Waals surface area contributed by atoms with Crippen LogP contribution in [0.2, 0.25) is 5.02 Å². The Hall–Kier alpha value is -3.88. The minimum Gasteiger partial charge on any atom is -0.478 e. The molecule has 2 heterocycles. The summed E-state index contributed by atoms with van der Waals surface area (Å²) in [6, 6.07) is 18.3. The molecule has 2 N–H and O–H groups in total. The van der Waals surface area contributed by atoms with Crippen molar-refractivity contribution in [1.82, 2.24) is 19.4 Å². The summed E-state index contributed by atoms with van der Waals surface area (Å²) in [6.45, 7) is 5.32. The van der Waals surface area contributed by atoms with E-state index < -0.39 is 5.97 Å². The van der Waals surface area contributed by atoms with E-state index in [-0.39, 0.29) is 11.5 Å². The number of carboxylic acid groups (broad SMARTS) is 1. The maximum atomic E-state index is 13.2. The summed E-state index contributed by atoms with van der Waals surface area (Å²) in [5.41, 5.74) is 5.14. The van der Waals surface area contributed by atoms with Crippen LogP contribution in [0.25, 0.3) is 11.0 Å². The van der Waals surface area contributed by atoms with Crippen molar-refractivity contribution in [1.29, 1.82) is 0 Å². The highest BCUT2D eigenvalue weighted by Crippen LogP contribution is 2.27. The largest absolute Gasteiger partial charge is 0.478 e. The normalized spacial score (nSPS) is 14.2. The minimum atomic E-state index is -0.953. The summed E-state index contributed by atoms with van der Waals surface area (Å²) < 4.78 is 1.94. The smallest absolute Gasteiger partial charge is 0.335 e. The lowest BCUT2D eigenvalue weighted by molar-refractivity contribution is 0.0623. The fourth-order valence-corrected chi connectivity index (χ4v) is 4.90. The van der Waals surface area contributed by atoms with Gasteiger partial charge < -0.3 is 19.9 Å². The van der Waals surface area contributed by atoms with E-state index >= 15 is 0 Å². The predicted octanol–water partition coefficient (Wildman–Crippen LogP) is 4.93. The van der Waals surface area contributed by atoms with Gasteiger partial charge in [-0.15, -0.1) is 0 Å². The molecule has 8 nitrogen and oxygen atoms in total. The van der Waals surface area contributed by atoms with Crippen molar-refractivity contribution < 1.29 is 14.7 Å². The molecule has 0 aliphatic carbocycles. The van der Waals surface area contributed by atoms with Crippen LogP contribution in [0.15, 0.2) is 60.7 Å². The summed E-state index contributed by atoms with van der Waals surface area (Å²) >= 11 is 6.36. The topological polar surface area (TPSA) is 90.7 Å². The SMILES string of the molecule is Cc1ccc(Nc2cccc(C(=O)N3CCN(Cc4nc5ccc(C(=O)O)cc5n4C)CC3)c2)c(Cl)c1. The molecule has 1 saturated heterocycles. The molecule has 9 heteroatoms. The average molecular weight is 518 g/mol. The molecule has 190 valence electrons. The Kier molecular flexibility index (Phi) is 6.86. The highest BCUT2D eigenvalue weighted by Gasteiger charge is 2.24. The third-order valence-corrected chi connectivity index (χ3v) is 7.07. The number of fused-ring (bicyclic) bond motifs is 1. The molecule has 3 aromatic carbocycles. The molecule has 4 aromatic rings. The number of carbonyl (C=O) groups excluding carboxylic acids is 1. The van der Waals surface area contributed by atoms with E-state index in [1.54, 1.807) is 18.2 Å². The van der Waals surface area contributed by atoms with Crippen LogP contribution in [-0.2, 0) is 13.6 Å². The van der Waals surface area contributed by atoms with Gasteiger partial charge in [0.25, 0.3) is 5.91 Å². The zero-order valence-corrected chi connectivity index (χ0v) is 21.5. The first-order chi connectivity index (χ1) is 17.8. The summed E-state index contributed by atoms with van der Waals surface area (Å²) in [4.78, 5) is 33.4. The summed E-state index contributed by atoms with van der Waals surface area (Å²) in [6.07, 6.45) is 0. The highest BCUT2D eigenvalue weighted by atomic mass is 35.5. The van der Waals surface area contributed by atoms with Crippen molar-refractivity contribution in [2.45, 2.75) is 13.5 Å². The Bertz CT molecular complexity index is 1490. The van der Waals surface area contributed by atoms with E-state index in [0.29, 0.717) is 30.2 Å². The number of aromatic nitrogens is 2. The maximum Gasteiger partial charge on any atom is 0.335 e. The zero-order valence-electron chi connectivity index (χ0n) is 20.7. The van der Waals surface area contributed by atoms with Crippen molar-refractivity contribution >= 4 is 45.9 Å². The average Bonchev–Trinajstić information content (AvgIpc) is 3.20. The van der Waals surface area contributed by atoms with Crippen molar-refractivity contribution in [2.75, 3.05) is 31.5 Å². The number of imidazole rings is 1. The first kappa shape index (κ1) is 24.8. The van der Waals surface area contributed by atoms with Gasteiger partial charge in [-0.2, -0.15) is 0 Å². The van der Waals surface area contributed by atoms with Crippen molar-refractivity contribution in [3.8, 4) is 0 Å². The van der Waals surface area contributed by atoms with Crippen LogP contribution in [0, 0.1) is 6.92 Å². The molecule has 37 heavy (non-hydrogen) atoms. The fraction of sp³-hybridized carbons (Fsp3) is 0.250. The van der Waals surface area contributed by atoms with Gasteiger partial charge in [-0.25, -0.2) is 9.78 Å². The molecule has 1 aliphatic heterocycles. The number of carboxylic acids is 1. The Morgan fingerprint density at radius 2 is 1.78 bits per heavy atom. The van der Waals surface area contributed by atoms with Crippen LogP contribution in [0.4, 0.5) is 11.4 Å². The number of halogens is 1. The van der Waals surface area contributed by atoms with Gasteiger partial charge in [-0.3, -0.25) is 9.69 Å². The first-order valence-corrected chi connectivity index (χ1v) is 12.5. The second kappa shape index (κ2) is 10.2. The van der Waals surface area contributed by atoms with Crippen molar-refractivity contribution in [3.05, 3.63) is 88.2 Å². The number of aryl methyl sites for hydroxylation is 2. The Morgan fingerprint density at radius 1 is 1.00 bits per heavy atom. The molecule has 0 radical (unpaired) electrons. The van der Waals surface area contributed by atoms with E-state index in [1.807, 2.05) is 65.9 Å². The van der Waals surface area contributed by atoms with Gasteiger partial charge >= 0.3 is 5.97 Å². The highest BCUT2D eigenvalue weighted by molar-refractivity contribution is 6.33. The monoisotopic (exact) mass is 517 g/mol. The number of hydrogen-bond donors (Lipinski definition) is 2. The van der Waals surface area contributed by atoms with Gasteiger partial charge in [0.2, 0.25) is 0 Å². The van der Waals surface area contributed by atoms with E-state index in [0.717, 1.165) is 46.9 Å².